The van der Waals surface area contributed by atoms with Gasteiger partial charge < -0.3 is 4.90 Å². The topological polar surface area (TPSA) is 65.6 Å². The van der Waals surface area contributed by atoms with Crippen LogP contribution in [0, 0.1) is 18.3 Å². The number of carbonyl (C=O) groups is 1. The van der Waals surface area contributed by atoms with E-state index in [4.69, 9.17) is 0 Å². The highest BCUT2D eigenvalue weighted by atomic mass is 32.2. The van der Waals surface area contributed by atoms with E-state index in [1.807, 2.05) is 36.3 Å². The van der Waals surface area contributed by atoms with Gasteiger partial charge in [-0.3, -0.25) is 14.0 Å². The van der Waals surface area contributed by atoms with Crippen molar-refractivity contribution in [1.82, 2.24) is 9.30 Å². The third-order valence-corrected chi connectivity index (χ3v) is 6.72. The van der Waals surface area contributed by atoms with Gasteiger partial charge in [0.15, 0.2) is 0 Å². The fraction of sp³-hybridized carbons (Fsp3) is 0.292. The Kier molecular flexibility index (Phi) is 5.65. The van der Waals surface area contributed by atoms with Gasteiger partial charge in [-0.2, -0.15) is 5.26 Å². The maximum absolute atomic E-state index is 13.7. The average molecular weight is 418 g/mol. The predicted octanol–water partition coefficient (Wildman–Crippen LogP) is 4.22. The van der Waals surface area contributed by atoms with E-state index in [0.29, 0.717) is 35.0 Å². The number of nitriles is 1. The van der Waals surface area contributed by atoms with Crippen LogP contribution in [0.4, 0.5) is 0 Å². The van der Waals surface area contributed by atoms with Gasteiger partial charge in [-0.05, 0) is 49.1 Å². The first-order valence-electron chi connectivity index (χ1n) is 10.0. The zero-order valence-corrected chi connectivity index (χ0v) is 17.9. The molecule has 1 aromatic carbocycles. The number of fused-ring (bicyclic) bond motifs is 1. The van der Waals surface area contributed by atoms with Crippen molar-refractivity contribution in [1.29, 1.82) is 5.26 Å². The maximum atomic E-state index is 13.7. The highest BCUT2D eigenvalue weighted by Gasteiger charge is 2.30. The van der Waals surface area contributed by atoms with E-state index < -0.39 is 0 Å². The van der Waals surface area contributed by atoms with Crippen molar-refractivity contribution in [2.45, 2.75) is 30.6 Å². The van der Waals surface area contributed by atoms with Gasteiger partial charge in [-0.25, -0.2) is 0 Å². The molecule has 3 aromatic rings. The van der Waals surface area contributed by atoms with Crippen molar-refractivity contribution in [3.8, 4) is 6.07 Å². The van der Waals surface area contributed by atoms with Crippen molar-refractivity contribution < 1.29 is 4.79 Å². The third kappa shape index (κ3) is 3.40. The molecule has 1 aliphatic heterocycles. The van der Waals surface area contributed by atoms with Gasteiger partial charge in [0.1, 0.15) is 11.6 Å². The third-order valence-electron chi connectivity index (χ3n) is 5.90. The van der Waals surface area contributed by atoms with Crippen molar-refractivity contribution >= 4 is 23.2 Å². The molecule has 4 rings (SSSR count). The summed E-state index contributed by atoms with van der Waals surface area (Å²) < 4.78 is 1.44. The van der Waals surface area contributed by atoms with Crippen molar-refractivity contribution in [3.63, 3.8) is 0 Å². The molecule has 1 aliphatic rings. The van der Waals surface area contributed by atoms with E-state index in [-0.39, 0.29) is 17.0 Å². The lowest BCUT2D eigenvalue weighted by atomic mass is 9.89. The Balaban J connectivity index is 1.75. The van der Waals surface area contributed by atoms with Crippen LogP contribution in [-0.4, -0.2) is 34.6 Å². The van der Waals surface area contributed by atoms with Crippen LogP contribution in [0.2, 0.25) is 0 Å². The molecule has 1 fully saturated rings. The number of thioether (sulfide) groups is 1. The molecule has 0 bridgehead atoms. The summed E-state index contributed by atoms with van der Waals surface area (Å²) in [7, 11) is 0. The van der Waals surface area contributed by atoms with E-state index in [1.54, 1.807) is 12.3 Å². The van der Waals surface area contributed by atoms with Gasteiger partial charge in [0.05, 0.1) is 11.1 Å². The standard InChI is InChI=1S/C24H23N3O2S/c1-16-7-6-12-27-21(16)20(22(30-2)19(15-25)23(27)28)24(29)26-13-10-18(11-14-26)17-8-4-3-5-9-17/h3-9,12,18H,10-11,13-14H2,1-2H3. The van der Waals surface area contributed by atoms with Crippen LogP contribution in [-0.2, 0) is 0 Å². The number of piperidine rings is 1. The number of aryl methyl sites for hydroxylation is 1. The molecule has 0 radical (unpaired) electrons. The largest absolute Gasteiger partial charge is 0.339 e. The van der Waals surface area contributed by atoms with Gasteiger partial charge in [0.25, 0.3) is 11.5 Å². The molecule has 0 atom stereocenters. The summed E-state index contributed by atoms with van der Waals surface area (Å²) in [4.78, 5) is 28.8. The lowest BCUT2D eigenvalue weighted by Gasteiger charge is -2.33. The van der Waals surface area contributed by atoms with Crippen LogP contribution in [0.5, 0.6) is 0 Å². The van der Waals surface area contributed by atoms with Crippen LogP contribution in [0.25, 0.3) is 5.52 Å². The van der Waals surface area contributed by atoms with E-state index >= 15 is 0 Å². The predicted molar refractivity (Wildman–Crippen MR) is 119 cm³/mol. The van der Waals surface area contributed by atoms with E-state index in [1.165, 1.54) is 21.7 Å². The maximum Gasteiger partial charge on any atom is 0.274 e. The molecule has 6 heteroatoms. The average Bonchev–Trinajstić information content (AvgIpc) is 2.79. The normalized spacial score (nSPS) is 14.6. The highest BCUT2D eigenvalue weighted by molar-refractivity contribution is 7.98. The van der Waals surface area contributed by atoms with Crippen LogP contribution in [0.1, 0.15) is 45.8 Å². The van der Waals surface area contributed by atoms with Gasteiger partial charge in [0.2, 0.25) is 0 Å². The minimum Gasteiger partial charge on any atom is -0.339 e. The van der Waals surface area contributed by atoms with Crippen molar-refractivity contribution in [2.75, 3.05) is 19.3 Å². The molecule has 0 saturated carbocycles. The van der Waals surface area contributed by atoms with Gasteiger partial charge >= 0.3 is 0 Å². The fourth-order valence-corrected chi connectivity index (χ4v) is 5.08. The number of pyridine rings is 2. The fourth-order valence-electron chi connectivity index (χ4n) is 4.35. The summed E-state index contributed by atoms with van der Waals surface area (Å²) in [5.41, 5.74) is 2.88. The smallest absolute Gasteiger partial charge is 0.274 e. The minimum absolute atomic E-state index is 0.0353. The van der Waals surface area contributed by atoms with E-state index in [0.717, 1.165) is 18.4 Å². The Labute approximate surface area is 179 Å². The lowest BCUT2D eigenvalue weighted by molar-refractivity contribution is 0.0711. The molecule has 0 aliphatic carbocycles. The summed E-state index contributed by atoms with van der Waals surface area (Å²) >= 11 is 1.29. The Morgan fingerprint density at radius 1 is 1.13 bits per heavy atom. The monoisotopic (exact) mass is 417 g/mol. The zero-order valence-electron chi connectivity index (χ0n) is 17.1. The van der Waals surface area contributed by atoms with Gasteiger partial charge in [-0.15, -0.1) is 11.8 Å². The Bertz CT molecular complexity index is 1200. The molecular weight excluding hydrogens is 394 g/mol. The van der Waals surface area contributed by atoms with Crippen molar-refractivity contribution in [2.24, 2.45) is 0 Å². The zero-order chi connectivity index (χ0) is 21.3. The second kappa shape index (κ2) is 8.37. The SMILES string of the molecule is CSc1c(C#N)c(=O)n2cccc(C)c2c1C(=O)N1CCC(c2ccccc2)CC1. The number of hydrogen-bond acceptors (Lipinski definition) is 4. The number of nitrogens with zero attached hydrogens (tertiary/aromatic N) is 3. The number of rotatable bonds is 3. The second-order valence-corrected chi connectivity index (χ2v) is 8.40. The molecule has 30 heavy (non-hydrogen) atoms. The number of carbonyl (C=O) groups excluding carboxylic acids is 1. The molecule has 152 valence electrons. The Morgan fingerprint density at radius 3 is 2.47 bits per heavy atom. The molecular formula is C24H23N3O2S. The quantitative estimate of drug-likeness (QED) is 0.599. The van der Waals surface area contributed by atoms with Gasteiger partial charge in [-0.1, -0.05) is 36.4 Å². The summed E-state index contributed by atoms with van der Waals surface area (Å²) in [5, 5.41) is 9.63. The number of aromatic nitrogens is 1. The summed E-state index contributed by atoms with van der Waals surface area (Å²) in [6.45, 7) is 3.21. The minimum atomic E-state index is -0.375. The number of benzene rings is 1. The molecule has 5 nitrogen and oxygen atoms in total. The summed E-state index contributed by atoms with van der Waals surface area (Å²) in [6.07, 6.45) is 5.25. The van der Waals surface area contributed by atoms with Crippen LogP contribution < -0.4 is 5.56 Å². The summed E-state index contributed by atoms with van der Waals surface area (Å²) in [5.74, 6) is 0.343. The molecule has 2 aromatic heterocycles. The van der Waals surface area contributed by atoms with Crippen LogP contribution in [0.15, 0.2) is 58.4 Å². The highest BCUT2D eigenvalue weighted by Crippen LogP contribution is 2.32. The van der Waals surface area contributed by atoms with E-state index in [2.05, 4.69) is 24.3 Å². The molecule has 0 N–H and O–H groups in total. The molecule has 0 unspecified atom stereocenters. The first kappa shape index (κ1) is 20.2. The number of amides is 1. The number of likely N-dealkylation sites (tertiary alicyclic amines) is 1. The molecule has 3 heterocycles. The summed E-state index contributed by atoms with van der Waals surface area (Å²) in [6, 6.07) is 16.1. The second-order valence-electron chi connectivity index (χ2n) is 7.59. The first-order valence-corrected chi connectivity index (χ1v) is 11.3. The van der Waals surface area contributed by atoms with Crippen LogP contribution in [0.3, 0.4) is 0 Å². The number of hydrogen-bond donors (Lipinski definition) is 0. The molecule has 0 spiro atoms. The van der Waals surface area contributed by atoms with Crippen molar-refractivity contribution in [3.05, 3.63) is 81.3 Å². The Morgan fingerprint density at radius 2 is 1.83 bits per heavy atom. The Hall–Kier alpha value is -3.04. The first-order chi connectivity index (χ1) is 14.6. The van der Waals surface area contributed by atoms with E-state index in [9.17, 15) is 14.9 Å². The van der Waals surface area contributed by atoms with Gasteiger partial charge in [0, 0.05) is 24.2 Å². The molecule has 1 saturated heterocycles. The molecule has 1 amide bonds. The van der Waals surface area contributed by atoms with Crippen LogP contribution >= 0.6 is 11.8 Å². The lowest BCUT2D eigenvalue weighted by Crippen LogP contribution is -2.39.